The molecule has 118 valence electrons. The molecule has 0 radical (unpaired) electrons. The van der Waals surface area contributed by atoms with E-state index in [1.807, 2.05) is 0 Å². The molecule has 0 spiro atoms. The van der Waals surface area contributed by atoms with Gasteiger partial charge in [-0.1, -0.05) is 0 Å². The van der Waals surface area contributed by atoms with Crippen molar-refractivity contribution in [2.45, 2.75) is 51.2 Å². The maximum Gasteiger partial charge on any atom is 0.0897 e. The molecule has 0 aliphatic carbocycles. The van der Waals surface area contributed by atoms with Gasteiger partial charge in [-0.05, 0) is 52.7 Å². The summed E-state index contributed by atoms with van der Waals surface area (Å²) in [6.07, 6.45) is 5.02. The molecule has 0 atom stereocenters. The van der Waals surface area contributed by atoms with E-state index < -0.39 is 0 Å². The summed E-state index contributed by atoms with van der Waals surface area (Å²) in [4.78, 5) is 9.78. The van der Waals surface area contributed by atoms with Crippen LogP contribution in [0.2, 0.25) is 0 Å². The van der Waals surface area contributed by atoms with E-state index in [4.69, 9.17) is 4.74 Å². The first-order valence-corrected chi connectivity index (χ1v) is 9.03. The summed E-state index contributed by atoms with van der Waals surface area (Å²) < 4.78 is 5.48. The summed E-state index contributed by atoms with van der Waals surface area (Å²) in [6.45, 7) is 7.47. The van der Waals surface area contributed by atoms with Gasteiger partial charge < -0.3 is 9.64 Å². The zero-order valence-corrected chi connectivity index (χ0v) is 14.1. The Labute approximate surface area is 132 Å². The van der Waals surface area contributed by atoms with Crippen molar-refractivity contribution in [2.24, 2.45) is 0 Å². The van der Waals surface area contributed by atoms with Crippen LogP contribution in [0.5, 0.6) is 0 Å². The number of likely N-dealkylation sites (tertiary alicyclic amines) is 1. The zero-order chi connectivity index (χ0) is 14.7. The quantitative estimate of drug-likeness (QED) is 0.854. The van der Waals surface area contributed by atoms with Crippen molar-refractivity contribution in [3.05, 3.63) is 16.1 Å². The first-order valence-electron chi connectivity index (χ1n) is 8.15. The van der Waals surface area contributed by atoms with E-state index in [9.17, 15) is 0 Å². The van der Waals surface area contributed by atoms with Gasteiger partial charge in [0.15, 0.2) is 0 Å². The number of piperidine rings is 1. The minimum Gasteiger partial charge on any atom is -0.381 e. The van der Waals surface area contributed by atoms with Gasteiger partial charge in [0.1, 0.15) is 0 Å². The minimum atomic E-state index is 0.711. The molecule has 2 aliphatic rings. The molecule has 0 amide bonds. The van der Waals surface area contributed by atoms with Crippen molar-refractivity contribution in [1.82, 2.24) is 14.8 Å². The Morgan fingerprint density at radius 2 is 2.00 bits per heavy atom. The molecule has 1 aromatic rings. The molecule has 4 nitrogen and oxygen atoms in total. The smallest absolute Gasteiger partial charge is 0.0897 e. The molecule has 2 fully saturated rings. The average Bonchev–Trinajstić information content (AvgIpc) is 2.93. The predicted octanol–water partition coefficient (Wildman–Crippen LogP) is 2.53. The van der Waals surface area contributed by atoms with E-state index in [2.05, 4.69) is 34.1 Å². The van der Waals surface area contributed by atoms with Gasteiger partial charge in [0.05, 0.1) is 10.7 Å². The molecule has 2 aliphatic heterocycles. The number of hydrogen-bond donors (Lipinski definition) is 0. The Kier molecular flexibility index (Phi) is 5.27. The SMILES string of the molecule is Cc1nc(CN(C)C2CCN(C3CCOCC3)CC2)cs1. The van der Waals surface area contributed by atoms with Crippen LogP contribution < -0.4 is 0 Å². The highest BCUT2D eigenvalue weighted by molar-refractivity contribution is 7.09. The van der Waals surface area contributed by atoms with E-state index in [-0.39, 0.29) is 0 Å². The summed E-state index contributed by atoms with van der Waals surface area (Å²) in [5, 5.41) is 3.37. The molecule has 5 heteroatoms. The van der Waals surface area contributed by atoms with Crippen molar-refractivity contribution in [2.75, 3.05) is 33.4 Å². The first kappa shape index (κ1) is 15.4. The van der Waals surface area contributed by atoms with Crippen LogP contribution in [-0.4, -0.2) is 60.2 Å². The fourth-order valence-corrected chi connectivity index (χ4v) is 4.21. The Balaban J connectivity index is 1.46. The van der Waals surface area contributed by atoms with E-state index >= 15 is 0 Å². The summed E-state index contributed by atoms with van der Waals surface area (Å²) in [5.74, 6) is 0. The number of aromatic nitrogens is 1. The lowest BCUT2D eigenvalue weighted by Crippen LogP contribution is -2.48. The predicted molar refractivity (Wildman–Crippen MR) is 86.8 cm³/mol. The third kappa shape index (κ3) is 4.03. The van der Waals surface area contributed by atoms with Crippen LogP contribution in [0.25, 0.3) is 0 Å². The Morgan fingerprint density at radius 1 is 1.29 bits per heavy atom. The second kappa shape index (κ2) is 7.18. The maximum atomic E-state index is 5.48. The number of nitrogens with zero attached hydrogens (tertiary/aromatic N) is 3. The fourth-order valence-electron chi connectivity index (χ4n) is 3.61. The van der Waals surface area contributed by atoms with E-state index in [0.717, 1.165) is 25.8 Å². The minimum absolute atomic E-state index is 0.711. The molecule has 0 saturated carbocycles. The molecule has 0 N–H and O–H groups in total. The number of ether oxygens (including phenoxy) is 1. The Bertz CT molecular complexity index is 436. The standard InChI is InChI=1S/C16H27N3OS/c1-13-17-14(12-21-13)11-18(2)15-3-7-19(8-4-15)16-5-9-20-10-6-16/h12,15-16H,3-11H2,1-2H3. The molecule has 0 unspecified atom stereocenters. The third-order valence-electron chi connectivity index (χ3n) is 4.91. The molecule has 0 bridgehead atoms. The van der Waals surface area contributed by atoms with Crippen LogP contribution in [0.3, 0.4) is 0 Å². The highest BCUT2D eigenvalue weighted by Gasteiger charge is 2.28. The highest BCUT2D eigenvalue weighted by Crippen LogP contribution is 2.23. The molecule has 1 aromatic heterocycles. The van der Waals surface area contributed by atoms with E-state index in [1.165, 1.54) is 49.5 Å². The molecule has 2 saturated heterocycles. The van der Waals surface area contributed by atoms with Gasteiger partial charge >= 0.3 is 0 Å². The van der Waals surface area contributed by atoms with Crippen LogP contribution in [0.1, 0.15) is 36.4 Å². The molecule has 21 heavy (non-hydrogen) atoms. The van der Waals surface area contributed by atoms with Crippen LogP contribution in [0.4, 0.5) is 0 Å². The lowest BCUT2D eigenvalue weighted by molar-refractivity contribution is 0.0151. The normalized spacial score (nSPS) is 23.0. The topological polar surface area (TPSA) is 28.6 Å². The van der Waals surface area contributed by atoms with Gasteiger partial charge in [-0.15, -0.1) is 11.3 Å². The molecule has 3 heterocycles. The van der Waals surface area contributed by atoms with Gasteiger partial charge in [0.25, 0.3) is 0 Å². The van der Waals surface area contributed by atoms with Gasteiger partial charge in [0, 0.05) is 37.2 Å². The van der Waals surface area contributed by atoms with E-state index in [1.54, 1.807) is 11.3 Å². The average molecular weight is 309 g/mol. The van der Waals surface area contributed by atoms with Gasteiger partial charge in [0.2, 0.25) is 0 Å². The first-order chi connectivity index (χ1) is 10.2. The largest absolute Gasteiger partial charge is 0.381 e. The van der Waals surface area contributed by atoms with Crippen molar-refractivity contribution < 1.29 is 4.74 Å². The van der Waals surface area contributed by atoms with Crippen LogP contribution >= 0.6 is 11.3 Å². The Morgan fingerprint density at radius 3 is 2.62 bits per heavy atom. The molecular formula is C16H27N3OS. The van der Waals surface area contributed by atoms with Gasteiger partial charge in [-0.3, -0.25) is 4.90 Å². The lowest BCUT2D eigenvalue weighted by atomic mass is 9.99. The number of aryl methyl sites for hydroxylation is 1. The zero-order valence-electron chi connectivity index (χ0n) is 13.3. The van der Waals surface area contributed by atoms with Gasteiger partial charge in [-0.2, -0.15) is 0 Å². The monoisotopic (exact) mass is 309 g/mol. The van der Waals surface area contributed by atoms with E-state index in [0.29, 0.717) is 6.04 Å². The van der Waals surface area contributed by atoms with Crippen molar-refractivity contribution >= 4 is 11.3 Å². The van der Waals surface area contributed by atoms with Crippen LogP contribution in [-0.2, 0) is 11.3 Å². The van der Waals surface area contributed by atoms with Crippen molar-refractivity contribution in [1.29, 1.82) is 0 Å². The Hall–Kier alpha value is -0.490. The van der Waals surface area contributed by atoms with Crippen molar-refractivity contribution in [3.63, 3.8) is 0 Å². The molecule has 3 rings (SSSR count). The summed E-state index contributed by atoms with van der Waals surface area (Å²) in [5.41, 5.74) is 1.23. The number of thiazole rings is 1. The van der Waals surface area contributed by atoms with Crippen LogP contribution in [0.15, 0.2) is 5.38 Å². The fraction of sp³-hybridized carbons (Fsp3) is 0.812. The summed E-state index contributed by atoms with van der Waals surface area (Å²) >= 11 is 1.75. The molecule has 0 aromatic carbocycles. The summed E-state index contributed by atoms with van der Waals surface area (Å²) in [7, 11) is 2.25. The number of hydrogen-bond acceptors (Lipinski definition) is 5. The number of rotatable bonds is 4. The van der Waals surface area contributed by atoms with Crippen molar-refractivity contribution in [3.8, 4) is 0 Å². The summed E-state index contributed by atoms with van der Waals surface area (Å²) in [6, 6.07) is 1.48. The maximum absolute atomic E-state index is 5.48. The van der Waals surface area contributed by atoms with Crippen LogP contribution in [0, 0.1) is 6.92 Å². The lowest BCUT2D eigenvalue weighted by Gasteiger charge is -2.41. The van der Waals surface area contributed by atoms with Gasteiger partial charge in [-0.25, -0.2) is 4.98 Å². The second-order valence-corrected chi connectivity index (χ2v) is 7.45. The third-order valence-corrected chi connectivity index (χ3v) is 5.73. The highest BCUT2D eigenvalue weighted by atomic mass is 32.1. The molecular weight excluding hydrogens is 282 g/mol. The second-order valence-electron chi connectivity index (χ2n) is 6.38.